The van der Waals surface area contributed by atoms with Gasteiger partial charge < -0.3 is 14.6 Å². The van der Waals surface area contributed by atoms with Gasteiger partial charge >= 0.3 is 0 Å². The molecule has 2 unspecified atom stereocenters. The third-order valence-electron chi connectivity index (χ3n) is 3.28. The van der Waals surface area contributed by atoms with Crippen molar-refractivity contribution >= 4 is 0 Å². The molecule has 1 spiro atoms. The summed E-state index contributed by atoms with van der Waals surface area (Å²) in [5.74, 6) is -0.380. The van der Waals surface area contributed by atoms with Crippen molar-refractivity contribution in [1.29, 1.82) is 0 Å². The Morgan fingerprint density at radius 3 is 2.71 bits per heavy atom. The van der Waals surface area contributed by atoms with Crippen molar-refractivity contribution in [3.05, 3.63) is 0 Å². The predicted molar refractivity (Wildman–Crippen MR) is 52.9 cm³/mol. The smallest absolute Gasteiger partial charge is 0.169 e. The fraction of sp³-hybridized carbons (Fsp3) is 1.00. The van der Waals surface area contributed by atoms with Crippen molar-refractivity contribution in [2.75, 3.05) is 13.2 Å². The molecule has 1 heterocycles. The third-order valence-corrected chi connectivity index (χ3v) is 3.28. The maximum atomic E-state index is 9.01. The number of aliphatic hydroxyl groups excluding tert-OH is 1. The summed E-state index contributed by atoms with van der Waals surface area (Å²) in [6.45, 7) is 5.13. The van der Waals surface area contributed by atoms with Gasteiger partial charge in [-0.05, 0) is 18.3 Å². The van der Waals surface area contributed by atoms with Crippen molar-refractivity contribution < 1.29 is 14.6 Å². The summed E-state index contributed by atoms with van der Waals surface area (Å²) in [6.07, 6.45) is 4.23. The Balaban J connectivity index is 2.03. The lowest BCUT2D eigenvalue weighted by molar-refractivity contribution is -0.209. The number of ether oxygens (including phenoxy) is 2. The van der Waals surface area contributed by atoms with E-state index in [1.54, 1.807) is 0 Å². The number of hydrogen-bond acceptors (Lipinski definition) is 3. The van der Waals surface area contributed by atoms with Crippen LogP contribution in [0, 0.1) is 5.41 Å². The highest BCUT2D eigenvalue weighted by Crippen LogP contribution is 2.46. The Labute approximate surface area is 85.4 Å². The van der Waals surface area contributed by atoms with Gasteiger partial charge in [-0.1, -0.05) is 13.8 Å². The van der Waals surface area contributed by atoms with Gasteiger partial charge in [-0.2, -0.15) is 0 Å². The first-order valence-electron chi connectivity index (χ1n) is 5.48. The Kier molecular flexibility index (Phi) is 2.58. The van der Waals surface area contributed by atoms with E-state index in [0.29, 0.717) is 12.0 Å². The zero-order chi connectivity index (χ0) is 10.2. The van der Waals surface area contributed by atoms with E-state index in [1.807, 2.05) is 0 Å². The van der Waals surface area contributed by atoms with Crippen LogP contribution in [0.25, 0.3) is 0 Å². The van der Waals surface area contributed by atoms with Crippen LogP contribution in [0.3, 0.4) is 0 Å². The van der Waals surface area contributed by atoms with Crippen LogP contribution in [-0.2, 0) is 9.47 Å². The van der Waals surface area contributed by atoms with Crippen molar-refractivity contribution in [2.45, 2.75) is 51.4 Å². The highest BCUT2D eigenvalue weighted by atomic mass is 16.7. The second kappa shape index (κ2) is 3.47. The zero-order valence-corrected chi connectivity index (χ0v) is 9.08. The Morgan fingerprint density at radius 2 is 2.14 bits per heavy atom. The predicted octanol–water partition coefficient (Wildman–Crippen LogP) is 1.69. The first kappa shape index (κ1) is 10.4. The van der Waals surface area contributed by atoms with Crippen LogP contribution in [-0.4, -0.2) is 30.2 Å². The molecular weight excluding hydrogens is 180 g/mol. The Hall–Kier alpha value is -0.120. The highest BCUT2D eigenvalue weighted by Gasteiger charge is 2.47. The van der Waals surface area contributed by atoms with Gasteiger partial charge in [0.1, 0.15) is 6.10 Å². The minimum absolute atomic E-state index is 0.0716. The molecule has 82 valence electrons. The van der Waals surface area contributed by atoms with Crippen molar-refractivity contribution in [2.24, 2.45) is 5.41 Å². The fourth-order valence-corrected chi connectivity index (χ4v) is 2.67. The maximum absolute atomic E-state index is 9.01. The Bertz CT molecular complexity index is 215. The highest BCUT2D eigenvalue weighted by molar-refractivity contribution is 4.89. The molecule has 0 radical (unpaired) electrons. The molecule has 1 saturated carbocycles. The van der Waals surface area contributed by atoms with Crippen LogP contribution in [0.1, 0.15) is 39.5 Å². The quantitative estimate of drug-likeness (QED) is 0.700. The van der Waals surface area contributed by atoms with Crippen molar-refractivity contribution in [3.63, 3.8) is 0 Å². The maximum Gasteiger partial charge on any atom is 0.169 e. The molecule has 1 saturated heterocycles. The molecule has 0 bridgehead atoms. The molecule has 0 aromatic heterocycles. The largest absolute Gasteiger partial charge is 0.394 e. The molecule has 0 aromatic rings. The van der Waals surface area contributed by atoms with Gasteiger partial charge in [0.05, 0.1) is 13.2 Å². The van der Waals surface area contributed by atoms with E-state index in [9.17, 15) is 0 Å². The van der Waals surface area contributed by atoms with E-state index >= 15 is 0 Å². The van der Waals surface area contributed by atoms with Gasteiger partial charge in [-0.25, -0.2) is 0 Å². The van der Waals surface area contributed by atoms with Crippen LogP contribution in [0.15, 0.2) is 0 Å². The summed E-state index contributed by atoms with van der Waals surface area (Å²) in [7, 11) is 0. The summed E-state index contributed by atoms with van der Waals surface area (Å²) in [4.78, 5) is 0. The average molecular weight is 200 g/mol. The van der Waals surface area contributed by atoms with Crippen LogP contribution in [0.5, 0.6) is 0 Å². The van der Waals surface area contributed by atoms with E-state index < -0.39 is 0 Å². The number of hydrogen-bond donors (Lipinski definition) is 1. The van der Waals surface area contributed by atoms with Crippen LogP contribution >= 0.6 is 0 Å². The summed E-state index contributed by atoms with van der Waals surface area (Å²) in [5.41, 5.74) is 0.308. The Morgan fingerprint density at radius 1 is 1.36 bits per heavy atom. The standard InChI is InChI=1S/C11H20O3/c1-10(2)4-3-5-11(8-10)13-7-9(6-12)14-11/h9,12H,3-8H2,1-2H3. The molecular formula is C11H20O3. The third kappa shape index (κ3) is 1.95. The summed E-state index contributed by atoms with van der Waals surface area (Å²) >= 11 is 0. The molecule has 2 rings (SSSR count). The summed E-state index contributed by atoms with van der Waals surface area (Å²) in [6, 6.07) is 0. The van der Waals surface area contributed by atoms with Gasteiger partial charge in [0.25, 0.3) is 0 Å². The van der Waals surface area contributed by atoms with E-state index in [1.165, 1.54) is 6.42 Å². The van der Waals surface area contributed by atoms with E-state index in [4.69, 9.17) is 14.6 Å². The topological polar surface area (TPSA) is 38.7 Å². The van der Waals surface area contributed by atoms with Crippen LogP contribution in [0.2, 0.25) is 0 Å². The van der Waals surface area contributed by atoms with E-state index in [0.717, 1.165) is 19.3 Å². The van der Waals surface area contributed by atoms with E-state index in [-0.39, 0.29) is 18.5 Å². The molecule has 1 aliphatic heterocycles. The lowest BCUT2D eigenvalue weighted by Crippen LogP contribution is -2.40. The normalized spacial score (nSPS) is 41.8. The molecule has 14 heavy (non-hydrogen) atoms. The zero-order valence-electron chi connectivity index (χ0n) is 9.08. The minimum atomic E-state index is -0.380. The minimum Gasteiger partial charge on any atom is -0.394 e. The molecule has 0 aromatic carbocycles. The first-order chi connectivity index (χ1) is 6.55. The molecule has 2 aliphatic rings. The summed E-state index contributed by atoms with van der Waals surface area (Å²) in [5, 5.41) is 9.01. The van der Waals surface area contributed by atoms with Gasteiger partial charge in [-0.3, -0.25) is 0 Å². The molecule has 0 amide bonds. The monoisotopic (exact) mass is 200 g/mol. The molecule has 2 atom stereocenters. The number of rotatable bonds is 1. The fourth-order valence-electron chi connectivity index (χ4n) is 2.67. The SMILES string of the molecule is CC1(C)CCCC2(C1)OCC(CO)O2. The van der Waals surface area contributed by atoms with Crippen LogP contribution in [0.4, 0.5) is 0 Å². The molecule has 2 fully saturated rings. The number of aliphatic hydroxyl groups is 1. The molecule has 3 heteroatoms. The van der Waals surface area contributed by atoms with Gasteiger partial charge in [-0.15, -0.1) is 0 Å². The molecule has 1 aliphatic carbocycles. The van der Waals surface area contributed by atoms with Crippen molar-refractivity contribution in [1.82, 2.24) is 0 Å². The molecule has 1 N–H and O–H groups in total. The van der Waals surface area contributed by atoms with Gasteiger partial charge in [0.15, 0.2) is 5.79 Å². The van der Waals surface area contributed by atoms with Gasteiger partial charge in [0, 0.05) is 12.8 Å². The first-order valence-corrected chi connectivity index (χ1v) is 5.48. The lowest BCUT2D eigenvalue weighted by Gasteiger charge is -2.41. The summed E-state index contributed by atoms with van der Waals surface area (Å²) < 4.78 is 11.5. The van der Waals surface area contributed by atoms with E-state index in [2.05, 4.69) is 13.8 Å². The average Bonchev–Trinajstić information content (AvgIpc) is 2.46. The second-order valence-corrected chi connectivity index (χ2v) is 5.34. The lowest BCUT2D eigenvalue weighted by atomic mass is 9.74. The second-order valence-electron chi connectivity index (χ2n) is 5.34. The van der Waals surface area contributed by atoms with Crippen molar-refractivity contribution in [3.8, 4) is 0 Å². The van der Waals surface area contributed by atoms with Crippen LogP contribution < -0.4 is 0 Å². The molecule has 3 nitrogen and oxygen atoms in total. The van der Waals surface area contributed by atoms with Gasteiger partial charge in [0.2, 0.25) is 0 Å².